The number of aliphatic hydroxyl groups excluding tert-OH is 1. The van der Waals surface area contributed by atoms with Crippen molar-refractivity contribution >= 4 is 17.2 Å². The van der Waals surface area contributed by atoms with Gasteiger partial charge in [-0.2, -0.15) is 0 Å². The van der Waals surface area contributed by atoms with Crippen molar-refractivity contribution in [1.29, 1.82) is 0 Å². The molecule has 2 aliphatic heterocycles. The van der Waals surface area contributed by atoms with Gasteiger partial charge in [0.25, 0.3) is 0 Å². The molecule has 4 rings (SSSR count). The Balaban J connectivity index is 1.55. The van der Waals surface area contributed by atoms with E-state index in [4.69, 9.17) is 19.2 Å². The molecular formula is C23H27N3O5. The minimum absolute atomic E-state index is 0.0155. The van der Waals surface area contributed by atoms with E-state index in [2.05, 4.69) is 9.98 Å². The van der Waals surface area contributed by atoms with E-state index in [9.17, 15) is 9.90 Å². The van der Waals surface area contributed by atoms with Gasteiger partial charge in [0.1, 0.15) is 18.1 Å². The maximum atomic E-state index is 13.3. The van der Waals surface area contributed by atoms with Crippen LogP contribution in [0.4, 0.5) is 0 Å². The monoisotopic (exact) mass is 425 g/mol. The van der Waals surface area contributed by atoms with Crippen molar-refractivity contribution < 1.29 is 24.1 Å². The molecule has 0 amide bonds. The van der Waals surface area contributed by atoms with E-state index in [1.807, 2.05) is 12.3 Å². The third-order valence-corrected chi connectivity index (χ3v) is 5.46. The number of ether oxygens (including phenoxy) is 3. The number of ketones is 1. The number of aliphatic hydroxyl groups is 1. The van der Waals surface area contributed by atoms with Crippen molar-refractivity contribution in [3.8, 4) is 5.75 Å². The van der Waals surface area contributed by atoms with Crippen molar-refractivity contribution in [1.82, 2.24) is 4.98 Å². The highest BCUT2D eigenvalue weighted by Gasteiger charge is 2.29. The maximum Gasteiger partial charge on any atom is 0.213 e. The number of fused-ring (bicyclic) bond motifs is 1. The highest BCUT2D eigenvalue weighted by atomic mass is 16.5. The molecule has 1 aromatic heterocycles. The lowest BCUT2D eigenvalue weighted by Crippen LogP contribution is -2.34. The van der Waals surface area contributed by atoms with Crippen LogP contribution in [0.3, 0.4) is 0 Å². The Bertz CT molecular complexity index is 956. The SMILES string of the molecule is COCCOc1ccc(C(=O)C2=NCc3[nH]ccc3C2=N[C@@H]2CC[C@@H](CO)OC2)cc1. The van der Waals surface area contributed by atoms with E-state index in [1.165, 1.54) is 0 Å². The third-order valence-electron chi connectivity index (χ3n) is 5.46. The minimum Gasteiger partial charge on any atom is -0.491 e. The fraction of sp³-hybridized carbons (Fsp3) is 0.435. The first-order valence-electron chi connectivity index (χ1n) is 10.5. The number of rotatable bonds is 8. The lowest BCUT2D eigenvalue weighted by molar-refractivity contribution is -0.0250. The number of hydrogen-bond acceptors (Lipinski definition) is 7. The number of aromatic nitrogens is 1. The van der Waals surface area contributed by atoms with Crippen LogP contribution in [-0.4, -0.2) is 73.0 Å². The summed E-state index contributed by atoms with van der Waals surface area (Å²) in [5, 5.41) is 9.28. The number of aliphatic imine (C=N–C) groups is 2. The molecule has 8 heteroatoms. The van der Waals surface area contributed by atoms with Crippen molar-refractivity contribution in [2.45, 2.75) is 31.5 Å². The molecular weight excluding hydrogens is 398 g/mol. The second kappa shape index (κ2) is 10.00. The Hall–Kier alpha value is -2.81. The van der Waals surface area contributed by atoms with Crippen LogP contribution in [0, 0.1) is 0 Å². The van der Waals surface area contributed by atoms with Gasteiger partial charge in [-0.3, -0.25) is 14.8 Å². The Morgan fingerprint density at radius 3 is 2.81 bits per heavy atom. The number of H-pyrrole nitrogens is 1. The fourth-order valence-corrected chi connectivity index (χ4v) is 3.73. The number of methoxy groups -OCH3 is 1. The molecule has 2 N–H and O–H groups in total. The van der Waals surface area contributed by atoms with Gasteiger partial charge in [0.05, 0.1) is 44.2 Å². The summed E-state index contributed by atoms with van der Waals surface area (Å²) in [6.45, 7) is 1.80. The second-order valence-corrected chi connectivity index (χ2v) is 7.58. The molecule has 8 nitrogen and oxygen atoms in total. The molecule has 0 unspecified atom stereocenters. The lowest BCUT2D eigenvalue weighted by Gasteiger charge is -2.26. The summed E-state index contributed by atoms with van der Waals surface area (Å²) in [6.07, 6.45) is 3.24. The summed E-state index contributed by atoms with van der Waals surface area (Å²) in [5.74, 6) is 0.512. The van der Waals surface area contributed by atoms with Gasteiger partial charge in [-0.05, 0) is 43.2 Å². The zero-order chi connectivity index (χ0) is 21.6. The summed E-state index contributed by atoms with van der Waals surface area (Å²) < 4.78 is 16.2. The number of hydrogen-bond donors (Lipinski definition) is 2. The van der Waals surface area contributed by atoms with E-state index in [0.717, 1.165) is 24.1 Å². The molecule has 0 saturated carbocycles. The van der Waals surface area contributed by atoms with E-state index in [1.54, 1.807) is 31.4 Å². The smallest absolute Gasteiger partial charge is 0.213 e. The van der Waals surface area contributed by atoms with Crippen LogP contribution in [0.15, 0.2) is 46.5 Å². The van der Waals surface area contributed by atoms with E-state index >= 15 is 0 Å². The van der Waals surface area contributed by atoms with Gasteiger partial charge in [-0.1, -0.05) is 0 Å². The first-order chi connectivity index (χ1) is 15.2. The second-order valence-electron chi connectivity index (χ2n) is 7.58. The summed E-state index contributed by atoms with van der Waals surface area (Å²) in [6, 6.07) is 8.89. The van der Waals surface area contributed by atoms with Crippen LogP contribution in [0.1, 0.15) is 34.5 Å². The predicted molar refractivity (Wildman–Crippen MR) is 116 cm³/mol. The molecule has 0 spiro atoms. The number of aromatic amines is 1. The number of nitrogens with zero attached hydrogens (tertiary/aromatic N) is 2. The van der Waals surface area contributed by atoms with Crippen LogP contribution in [0.5, 0.6) is 5.75 Å². The average Bonchev–Trinajstić information content (AvgIpc) is 3.29. The highest BCUT2D eigenvalue weighted by Crippen LogP contribution is 2.23. The van der Waals surface area contributed by atoms with Gasteiger partial charge in [-0.25, -0.2) is 0 Å². The van der Waals surface area contributed by atoms with E-state index in [0.29, 0.717) is 49.1 Å². The number of benzene rings is 1. The van der Waals surface area contributed by atoms with Crippen molar-refractivity contribution in [2.24, 2.45) is 9.98 Å². The molecule has 0 aliphatic carbocycles. The van der Waals surface area contributed by atoms with Gasteiger partial charge < -0.3 is 24.3 Å². The van der Waals surface area contributed by atoms with Crippen LogP contribution in [0.2, 0.25) is 0 Å². The predicted octanol–water partition coefficient (Wildman–Crippen LogP) is 2.21. The highest BCUT2D eigenvalue weighted by molar-refractivity contribution is 6.73. The molecule has 3 heterocycles. The molecule has 2 aromatic rings. The van der Waals surface area contributed by atoms with Gasteiger partial charge in [0.15, 0.2) is 0 Å². The van der Waals surface area contributed by atoms with Gasteiger partial charge in [0.2, 0.25) is 5.78 Å². The number of nitrogens with one attached hydrogen (secondary N) is 1. The average molecular weight is 425 g/mol. The lowest BCUT2D eigenvalue weighted by atomic mass is 9.95. The van der Waals surface area contributed by atoms with E-state index in [-0.39, 0.29) is 24.5 Å². The minimum atomic E-state index is -0.168. The number of carbonyl (C=O) groups excluding carboxylic acids is 1. The summed E-state index contributed by atoms with van der Waals surface area (Å²) >= 11 is 0. The van der Waals surface area contributed by atoms with Crippen molar-refractivity contribution in [3.05, 3.63) is 53.3 Å². The molecule has 164 valence electrons. The number of Topliss-reactive ketones (excluding diaryl/α,β-unsaturated/α-hetero) is 1. The van der Waals surface area contributed by atoms with Gasteiger partial charge in [-0.15, -0.1) is 0 Å². The quantitative estimate of drug-likeness (QED) is 0.498. The molecule has 31 heavy (non-hydrogen) atoms. The van der Waals surface area contributed by atoms with Gasteiger partial charge >= 0.3 is 0 Å². The Morgan fingerprint density at radius 2 is 2.10 bits per heavy atom. The largest absolute Gasteiger partial charge is 0.491 e. The first-order valence-corrected chi connectivity index (χ1v) is 10.5. The normalized spacial score (nSPS) is 22.1. The van der Waals surface area contributed by atoms with Gasteiger partial charge in [0, 0.05) is 30.1 Å². The first kappa shape index (κ1) is 21.4. The molecule has 1 aromatic carbocycles. The zero-order valence-corrected chi connectivity index (χ0v) is 17.5. The number of carbonyl (C=O) groups is 1. The Kier molecular flexibility index (Phi) is 6.91. The fourth-order valence-electron chi connectivity index (χ4n) is 3.73. The molecule has 2 atom stereocenters. The molecule has 2 aliphatic rings. The topological polar surface area (TPSA) is 106 Å². The summed E-state index contributed by atoms with van der Waals surface area (Å²) in [4.78, 5) is 25.9. The van der Waals surface area contributed by atoms with Crippen LogP contribution in [-0.2, 0) is 16.0 Å². The summed E-state index contributed by atoms with van der Waals surface area (Å²) in [5.41, 5.74) is 3.35. The third kappa shape index (κ3) is 4.92. The Morgan fingerprint density at radius 1 is 1.26 bits per heavy atom. The van der Waals surface area contributed by atoms with Crippen molar-refractivity contribution in [3.63, 3.8) is 0 Å². The zero-order valence-electron chi connectivity index (χ0n) is 17.5. The molecule has 0 bridgehead atoms. The maximum absolute atomic E-state index is 13.3. The van der Waals surface area contributed by atoms with Crippen LogP contribution >= 0.6 is 0 Å². The summed E-state index contributed by atoms with van der Waals surface area (Å²) in [7, 11) is 1.62. The van der Waals surface area contributed by atoms with Crippen LogP contribution < -0.4 is 4.74 Å². The molecule has 1 fully saturated rings. The van der Waals surface area contributed by atoms with Crippen LogP contribution in [0.25, 0.3) is 0 Å². The standard InChI is InChI=1S/C23H27N3O5/c1-29-10-11-30-17-5-2-15(3-6-17)23(28)22-21(19-8-9-24-20(19)12-25-22)26-16-4-7-18(13-27)31-14-16/h2-3,5-6,8-9,16,18,24,27H,4,7,10-14H2,1H3/t16-,18+/m1/s1. The Labute approximate surface area is 181 Å². The van der Waals surface area contributed by atoms with E-state index < -0.39 is 0 Å². The molecule has 1 saturated heterocycles. The molecule has 0 radical (unpaired) electrons. The van der Waals surface area contributed by atoms with Crippen molar-refractivity contribution in [2.75, 3.05) is 33.5 Å².